The lowest BCUT2D eigenvalue weighted by Gasteiger charge is -2.21. The van der Waals surface area contributed by atoms with Crippen LogP contribution in [0.4, 0.5) is 0 Å². The molecule has 148 valence electrons. The number of halogens is 1. The SMILES string of the molecule is CCNC(=NCCc1ccc(OC)cc1)N1CCC(c2cnn(C)c2)C1.I. The summed E-state index contributed by atoms with van der Waals surface area (Å²) in [4.78, 5) is 7.22. The Balaban J connectivity index is 0.00000261. The van der Waals surface area contributed by atoms with E-state index >= 15 is 0 Å². The third-order valence-corrected chi connectivity index (χ3v) is 4.84. The summed E-state index contributed by atoms with van der Waals surface area (Å²) in [5.74, 6) is 2.45. The molecule has 2 aromatic rings. The van der Waals surface area contributed by atoms with Crippen molar-refractivity contribution in [1.82, 2.24) is 20.0 Å². The number of nitrogens with zero attached hydrogens (tertiary/aromatic N) is 4. The molecule has 1 aromatic heterocycles. The first-order valence-electron chi connectivity index (χ1n) is 9.34. The highest BCUT2D eigenvalue weighted by Crippen LogP contribution is 2.26. The number of benzene rings is 1. The smallest absolute Gasteiger partial charge is 0.193 e. The van der Waals surface area contributed by atoms with Gasteiger partial charge in [0.05, 0.1) is 13.3 Å². The van der Waals surface area contributed by atoms with Crippen LogP contribution in [0.1, 0.15) is 30.4 Å². The van der Waals surface area contributed by atoms with Crippen molar-refractivity contribution in [2.24, 2.45) is 12.0 Å². The summed E-state index contributed by atoms with van der Waals surface area (Å²) in [6, 6.07) is 8.22. The van der Waals surface area contributed by atoms with Crippen molar-refractivity contribution < 1.29 is 4.74 Å². The largest absolute Gasteiger partial charge is 0.497 e. The molecule has 0 radical (unpaired) electrons. The summed E-state index contributed by atoms with van der Waals surface area (Å²) in [6.07, 6.45) is 6.19. The van der Waals surface area contributed by atoms with Crippen LogP contribution in [-0.2, 0) is 13.5 Å². The Morgan fingerprint density at radius 2 is 2.11 bits per heavy atom. The van der Waals surface area contributed by atoms with E-state index < -0.39 is 0 Å². The van der Waals surface area contributed by atoms with Crippen LogP contribution in [0.5, 0.6) is 5.75 Å². The summed E-state index contributed by atoms with van der Waals surface area (Å²) < 4.78 is 7.09. The number of rotatable bonds is 6. The molecule has 1 atom stereocenters. The monoisotopic (exact) mass is 483 g/mol. The van der Waals surface area contributed by atoms with Crippen molar-refractivity contribution in [2.75, 3.05) is 33.3 Å². The van der Waals surface area contributed by atoms with Crippen LogP contribution >= 0.6 is 24.0 Å². The quantitative estimate of drug-likeness (QED) is 0.390. The first kappa shape index (κ1) is 21.5. The number of aryl methyl sites for hydroxylation is 1. The predicted molar refractivity (Wildman–Crippen MR) is 120 cm³/mol. The van der Waals surface area contributed by atoms with Gasteiger partial charge in [-0.25, -0.2) is 0 Å². The number of guanidine groups is 1. The number of nitrogens with one attached hydrogen (secondary N) is 1. The van der Waals surface area contributed by atoms with Crippen LogP contribution in [0.15, 0.2) is 41.7 Å². The molecular weight excluding hydrogens is 453 g/mol. The number of aliphatic imine (C=N–C) groups is 1. The van der Waals surface area contributed by atoms with E-state index in [9.17, 15) is 0 Å². The molecule has 0 spiro atoms. The summed E-state index contributed by atoms with van der Waals surface area (Å²) in [7, 11) is 3.66. The van der Waals surface area contributed by atoms with E-state index in [-0.39, 0.29) is 24.0 Å². The maximum absolute atomic E-state index is 5.21. The van der Waals surface area contributed by atoms with Crippen LogP contribution in [-0.4, -0.2) is 53.9 Å². The van der Waals surface area contributed by atoms with Crippen molar-refractivity contribution in [3.8, 4) is 5.75 Å². The molecule has 3 rings (SSSR count). The van der Waals surface area contributed by atoms with Gasteiger partial charge in [0, 0.05) is 45.3 Å². The normalized spacial score (nSPS) is 16.9. The Labute approximate surface area is 179 Å². The molecule has 6 nitrogen and oxygen atoms in total. The van der Waals surface area contributed by atoms with E-state index in [0.29, 0.717) is 5.92 Å². The molecule has 0 amide bonds. The van der Waals surface area contributed by atoms with E-state index in [1.54, 1.807) is 7.11 Å². The number of likely N-dealkylation sites (tertiary alicyclic amines) is 1. The van der Waals surface area contributed by atoms with Crippen LogP contribution in [0.3, 0.4) is 0 Å². The lowest BCUT2D eigenvalue weighted by Crippen LogP contribution is -2.40. The average Bonchev–Trinajstić information content (AvgIpc) is 3.30. The van der Waals surface area contributed by atoms with Gasteiger partial charge in [-0.3, -0.25) is 9.67 Å². The number of hydrogen-bond donors (Lipinski definition) is 1. The Morgan fingerprint density at radius 3 is 2.74 bits per heavy atom. The maximum Gasteiger partial charge on any atom is 0.193 e. The second-order valence-corrected chi connectivity index (χ2v) is 6.71. The molecule has 1 aliphatic rings. The van der Waals surface area contributed by atoms with Gasteiger partial charge in [-0.05, 0) is 43.0 Å². The first-order valence-corrected chi connectivity index (χ1v) is 9.34. The standard InChI is InChI=1S/C20H29N5O.HI/c1-4-21-20(22-11-9-16-5-7-19(26-3)8-6-16)25-12-10-17(15-25)18-13-23-24(2)14-18;/h5-8,13-14,17H,4,9-12,15H2,1-3H3,(H,21,22);1H. The first-order chi connectivity index (χ1) is 12.7. The highest BCUT2D eigenvalue weighted by Gasteiger charge is 2.26. The predicted octanol–water partition coefficient (Wildman–Crippen LogP) is 3.04. The van der Waals surface area contributed by atoms with Crippen LogP contribution in [0.25, 0.3) is 0 Å². The molecule has 27 heavy (non-hydrogen) atoms. The van der Waals surface area contributed by atoms with Crippen molar-refractivity contribution >= 4 is 29.9 Å². The van der Waals surface area contributed by atoms with E-state index in [1.165, 1.54) is 11.1 Å². The van der Waals surface area contributed by atoms with Crippen LogP contribution in [0.2, 0.25) is 0 Å². The average molecular weight is 483 g/mol. The van der Waals surface area contributed by atoms with E-state index in [1.807, 2.05) is 30.1 Å². The van der Waals surface area contributed by atoms with E-state index in [0.717, 1.165) is 50.7 Å². The minimum Gasteiger partial charge on any atom is -0.497 e. The van der Waals surface area contributed by atoms with E-state index in [4.69, 9.17) is 9.73 Å². The van der Waals surface area contributed by atoms with Crippen LogP contribution in [0, 0.1) is 0 Å². The summed E-state index contributed by atoms with van der Waals surface area (Å²) in [6.45, 7) is 5.82. The molecule has 2 heterocycles. The second-order valence-electron chi connectivity index (χ2n) is 6.71. The van der Waals surface area contributed by atoms with Crippen LogP contribution < -0.4 is 10.1 Å². The van der Waals surface area contributed by atoms with Gasteiger partial charge in [-0.2, -0.15) is 5.10 Å². The zero-order chi connectivity index (χ0) is 18.4. The molecule has 1 fully saturated rings. The van der Waals surface area contributed by atoms with Gasteiger partial charge in [0.25, 0.3) is 0 Å². The zero-order valence-electron chi connectivity index (χ0n) is 16.4. The topological polar surface area (TPSA) is 54.7 Å². The van der Waals surface area contributed by atoms with Gasteiger partial charge in [-0.15, -0.1) is 24.0 Å². The number of hydrogen-bond acceptors (Lipinski definition) is 3. The minimum absolute atomic E-state index is 0. The molecular formula is C20H30IN5O. The van der Waals surface area contributed by atoms with Gasteiger partial charge < -0.3 is 15.0 Å². The molecule has 1 saturated heterocycles. The maximum atomic E-state index is 5.21. The third-order valence-electron chi connectivity index (χ3n) is 4.84. The fourth-order valence-electron chi connectivity index (χ4n) is 3.38. The van der Waals surface area contributed by atoms with Crippen molar-refractivity contribution in [1.29, 1.82) is 0 Å². The van der Waals surface area contributed by atoms with Gasteiger partial charge in [0.1, 0.15) is 5.75 Å². The highest BCUT2D eigenvalue weighted by atomic mass is 127. The molecule has 0 bridgehead atoms. The van der Waals surface area contributed by atoms with Crippen molar-refractivity contribution in [2.45, 2.75) is 25.7 Å². The van der Waals surface area contributed by atoms with Gasteiger partial charge in [-0.1, -0.05) is 12.1 Å². The van der Waals surface area contributed by atoms with Gasteiger partial charge in [0.15, 0.2) is 5.96 Å². The summed E-state index contributed by atoms with van der Waals surface area (Å²) in [5.41, 5.74) is 2.60. The molecule has 1 unspecified atom stereocenters. The number of ether oxygens (including phenoxy) is 1. The summed E-state index contributed by atoms with van der Waals surface area (Å²) in [5, 5.41) is 7.75. The number of aromatic nitrogens is 2. The fourth-order valence-corrected chi connectivity index (χ4v) is 3.38. The highest BCUT2D eigenvalue weighted by molar-refractivity contribution is 14.0. The fraction of sp³-hybridized carbons (Fsp3) is 0.500. The molecule has 1 aromatic carbocycles. The molecule has 7 heteroatoms. The minimum atomic E-state index is 0. The lowest BCUT2D eigenvalue weighted by atomic mass is 10.0. The third kappa shape index (κ3) is 5.85. The van der Waals surface area contributed by atoms with Gasteiger partial charge >= 0.3 is 0 Å². The molecule has 0 saturated carbocycles. The van der Waals surface area contributed by atoms with Crippen molar-refractivity contribution in [3.63, 3.8) is 0 Å². The Morgan fingerprint density at radius 1 is 1.33 bits per heavy atom. The summed E-state index contributed by atoms with van der Waals surface area (Å²) >= 11 is 0. The molecule has 1 aliphatic heterocycles. The number of methoxy groups -OCH3 is 1. The van der Waals surface area contributed by atoms with E-state index in [2.05, 4.69) is 40.6 Å². The Bertz CT molecular complexity index is 728. The zero-order valence-corrected chi connectivity index (χ0v) is 18.7. The second kappa shape index (κ2) is 10.5. The molecule has 1 N–H and O–H groups in total. The molecule has 0 aliphatic carbocycles. The van der Waals surface area contributed by atoms with Crippen molar-refractivity contribution in [3.05, 3.63) is 47.8 Å². The van der Waals surface area contributed by atoms with Gasteiger partial charge in [0.2, 0.25) is 0 Å². The Kier molecular flexibility index (Phi) is 8.40. The lowest BCUT2D eigenvalue weighted by molar-refractivity contribution is 0.414. The Hall–Kier alpha value is -1.77.